The van der Waals surface area contributed by atoms with Gasteiger partial charge in [-0.25, -0.2) is 0 Å². The summed E-state index contributed by atoms with van der Waals surface area (Å²) in [5, 5.41) is 11.5. The van der Waals surface area contributed by atoms with Crippen molar-refractivity contribution in [3.8, 4) is 5.75 Å². The molecule has 2 aliphatic heterocycles. The third kappa shape index (κ3) is 4.51. The second-order valence-electron chi connectivity index (χ2n) is 11.2. The molecule has 1 N–H and O–H groups in total. The molecule has 0 radical (unpaired) electrons. The van der Waals surface area contributed by atoms with Crippen LogP contribution in [0, 0.1) is 17.8 Å². The van der Waals surface area contributed by atoms with Crippen molar-refractivity contribution in [1.82, 2.24) is 4.57 Å². The number of carbonyl (C=O) groups excluding carboxylic acids is 1. The lowest BCUT2D eigenvalue weighted by molar-refractivity contribution is -0.133. The highest BCUT2D eigenvalue weighted by Crippen LogP contribution is 2.51. The number of pyridine rings is 1. The number of allylic oxidation sites excluding steroid dienone is 1. The van der Waals surface area contributed by atoms with Crippen molar-refractivity contribution < 1.29 is 19.4 Å². The van der Waals surface area contributed by atoms with Crippen LogP contribution in [0.5, 0.6) is 5.75 Å². The molecule has 4 rings (SSSR count). The summed E-state index contributed by atoms with van der Waals surface area (Å²) in [4.78, 5) is 25.4. The molecule has 1 aromatic rings. The molecule has 2 fully saturated rings. The minimum absolute atomic E-state index is 0.0629. The summed E-state index contributed by atoms with van der Waals surface area (Å²) in [5.41, 5.74) is 0.947. The van der Waals surface area contributed by atoms with E-state index in [2.05, 4.69) is 40.7 Å². The molecule has 0 aromatic carbocycles. The van der Waals surface area contributed by atoms with Crippen LogP contribution in [-0.2, 0) is 22.2 Å². The second kappa shape index (κ2) is 9.62. The van der Waals surface area contributed by atoms with Gasteiger partial charge in [-0.3, -0.25) is 9.59 Å². The highest BCUT2D eigenvalue weighted by atomic mass is 16.5. The van der Waals surface area contributed by atoms with Crippen LogP contribution in [0.3, 0.4) is 0 Å². The number of carbonyl (C=O) groups is 1. The van der Waals surface area contributed by atoms with E-state index in [1.54, 1.807) is 13.2 Å². The Balaban J connectivity index is 1.65. The molecule has 0 bridgehead atoms. The number of fused-ring (bicyclic) bond motifs is 3. The Morgan fingerprint density at radius 3 is 2.76 bits per heavy atom. The van der Waals surface area contributed by atoms with Crippen LogP contribution in [0.1, 0.15) is 96.8 Å². The zero-order chi connectivity index (χ0) is 24.8. The smallest absolute Gasteiger partial charge is 0.259 e. The molecule has 0 spiro atoms. The van der Waals surface area contributed by atoms with Crippen LogP contribution in [0.4, 0.5) is 0 Å². The summed E-state index contributed by atoms with van der Waals surface area (Å²) >= 11 is 0. The lowest BCUT2D eigenvalue weighted by Gasteiger charge is -2.36. The lowest BCUT2D eigenvalue weighted by atomic mass is 9.78. The number of aromatic nitrogens is 1. The van der Waals surface area contributed by atoms with E-state index in [4.69, 9.17) is 9.47 Å². The predicted octanol–water partition coefficient (Wildman–Crippen LogP) is 4.96. The molecule has 1 aromatic heterocycles. The predicted molar refractivity (Wildman–Crippen MR) is 132 cm³/mol. The van der Waals surface area contributed by atoms with Gasteiger partial charge in [-0.1, -0.05) is 40.2 Å². The first-order valence-corrected chi connectivity index (χ1v) is 13.0. The molecule has 1 aliphatic carbocycles. The second-order valence-corrected chi connectivity index (χ2v) is 11.2. The van der Waals surface area contributed by atoms with Crippen molar-refractivity contribution in [2.75, 3.05) is 0 Å². The Hall–Kier alpha value is -1.92. The maximum Gasteiger partial charge on any atom is 0.259 e. The zero-order valence-electron chi connectivity index (χ0n) is 21.6. The molecule has 3 heterocycles. The van der Waals surface area contributed by atoms with Crippen LogP contribution in [0.15, 0.2) is 22.6 Å². The first-order valence-electron chi connectivity index (χ1n) is 13.0. The molecule has 6 nitrogen and oxygen atoms in total. The zero-order valence-corrected chi connectivity index (χ0v) is 21.6. The van der Waals surface area contributed by atoms with Gasteiger partial charge in [-0.05, 0) is 55.9 Å². The van der Waals surface area contributed by atoms with Gasteiger partial charge in [0.2, 0.25) is 0 Å². The molecule has 34 heavy (non-hydrogen) atoms. The van der Waals surface area contributed by atoms with Gasteiger partial charge in [-0.15, -0.1) is 0 Å². The van der Waals surface area contributed by atoms with E-state index in [0.717, 1.165) is 19.3 Å². The van der Waals surface area contributed by atoms with E-state index in [1.807, 2.05) is 0 Å². The van der Waals surface area contributed by atoms with Crippen LogP contribution in [0.2, 0.25) is 0 Å². The van der Waals surface area contributed by atoms with Crippen LogP contribution < -0.4 is 10.3 Å². The Morgan fingerprint density at radius 2 is 2.06 bits per heavy atom. The van der Waals surface area contributed by atoms with Crippen molar-refractivity contribution in [3.63, 3.8) is 0 Å². The molecule has 1 saturated carbocycles. The van der Waals surface area contributed by atoms with Gasteiger partial charge >= 0.3 is 0 Å². The monoisotopic (exact) mass is 471 g/mol. The summed E-state index contributed by atoms with van der Waals surface area (Å²) in [6, 6.07) is 0. The van der Waals surface area contributed by atoms with Gasteiger partial charge in [-0.2, -0.15) is 0 Å². The number of nitrogens with zero attached hydrogens (tertiary/aromatic N) is 1. The van der Waals surface area contributed by atoms with Crippen molar-refractivity contribution >= 4 is 5.78 Å². The van der Waals surface area contributed by atoms with Gasteiger partial charge < -0.3 is 19.1 Å². The van der Waals surface area contributed by atoms with Gasteiger partial charge in [0.05, 0.1) is 17.8 Å². The molecule has 6 heteroatoms. The fraction of sp³-hybridized carbons (Fsp3) is 0.714. The number of hydrogen-bond acceptors (Lipinski definition) is 5. The molecule has 7 atom stereocenters. The van der Waals surface area contributed by atoms with E-state index >= 15 is 0 Å². The Kier molecular flexibility index (Phi) is 7.12. The van der Waals surface area contributed by atoms with Gasteiger partial charge in [0.25, 0.3) is 5.56 Å². The molecular weight excluding hydrogens is 430 g/mol. The van der Waals surface area contributed by atoms with Crippen LogP contribution >= 0.6 is 0 Å². The van der Waals surface area contributed by atoms with E-state index in [1.165, 1.54) is 16.6 Å². The maximum atomic E-state index is 13.3. The fourth-order valence-corrected chi connectivity index (χ4v) is 6.15. The van der Waals surface area contributed by atoms with Gasteiger partial charge in [0, 0.05) is 31.6 Å². The highest BCUT2D eigenvalue weighted by molar-refractivity contribution is 5.81. The first-order chi connectivity index (χ1) is 16.0. The molecule has 3 aliphatic rings. The SMILES string of the molecule is CC[C@H](C)C[C@H](C)/C=C(\C)[C@@H]1O[C@H](c2c3c(cn(C)c2=O)[C@]2(O)CCC(=O)C[C@H]2O3)CC[C@@H]1C. The van der Waals surface area contributed by atoms with Crippen molar-refractivity contribution in [2.45, 2.75) is 103 Å². The molecule has 188 valence electrons. The Labute approximate surface area is 203 Å². The number of aryl methyl sites for hydroxylation is 1. The normalized spacial score (nSPS) is 33.1. The van der Waals surface area contributed by atoms with E-state index in [9.17, 15) is 14.7 Å². The average molecular weight is 472 g/mol. The Morgan fingerprint density at radius 1 is 1.32 bits per heavy atom. The lowest BCUT2D eigenvalue weighted by Crippen LogP contribution is -2.43. The Bertz CT molecular complexity index is 1030. The number of Topliss-reactive ketones (excluding diaryl/α,β-unsaturated/α-hetero) is 1. The topological polar surface area (TPSA) is 77.8 Å². The summed E-state index contributed by atoms with van der Waals surface area (Å²) in [6.45, 7) is 11.1. The third-order valence-electron chi connectivity index (χ3n) is 8.32. The number of hydrogen-bond donors (Lipinski definition) is 1. The number of ether oxygens (including phenoxy) is 2. The molecular formula is C28H41NO5. The van der Waals surface area contributed by atoms with Crippen molar-refractivity contribution in [2.24, 2.45) is 24.8 Å². The largest absolute Gasteiger partial charge is 0.486 e. The van der Waals surface area contributed by atoms with Crippen molar-refractivity contribution in [3.05, 3.63) is 39.3 Å². The summed E-state index contributed by atoms with van der Waals surface area (Å²) in [5.74, 6) is 2.04. The minimum Gasteiger partial charge on any atom is -0.486 e. The quantitative estimate of drug-likeness (QED) is 0.593. The van der Waals surface area contributed by atoms with E-state index in [0.29, 0.717) is 47.5 Å². The number of aliphatic hydroxyl groups is 1. The number of ketones is 1. The fourth-order valence-electron chi connectivity index (χ4n) is 6.15. The van der Waals surface area contributed by atoms with Crippen molar-refractivity contribution in [1.29, 1.82) is 0 Å². The minimum atomic E-state index is -1.23. The average Bonchev–Trinajstić information content (AvgIpc) is 3.06. The highest BCUT2D eigenvalue weighted by Gasteiger charge is 2.53. The third-order valence-corrected chi connectivity index (χ3v) is 8.32. The van der Waals surface area contributed by atoms with E-state index < -0.39 is 17.8 Å². The van der Waals surface area contributed by atoms with Crippen LogP contribution in [-0.4, -0.2) is 27.7 Å². The number of rotatable bonds is 6. The standard InChI is InChI=1S/C28H41NO5/c1-7-16(2)12-17(3)13-19(5)25-18(4)8-9-22(33-25)24-26-21(15-29(6)27(24)31)28(32)11-10-20(30)14-23(28)34-26/h13,15-18,22-23,25,32H,7-12,14H2,1-6H3/b19-13+/t16-,17-,18-,22-,23+,25+,28+/m0/s1. The van der Waals surface area contributed by atoms with Gasteiger partial charge in [0.1, 0.15) is 23.2 Å². The molecule has 0 unspecified atom stereocenters. The van der Waals surface area contributed by atoms with E-state index in [-0.39, 0.29) is 23.9 Å². The maximum absolute atomic E-state index is 13.3. The molecule has 0 amide bonds. The van der Waals surface area contributed by atoms with Gasteiger partial charge in [0.15, 0.2) is 0 Å². The summed E-state index contributed by atoms with van der Waals surface area (Å²) < 4.78 is 14.3. The summed E-state index contributed by atoms with van der Waals surface area (Å²) in [7, 11) is 1.71. The first kappa shape index (κ1) is 25.2. The van der Waals surface area contributed by atoms with Crippen LogP contribution in [0.25, 0.3) is 0 Å². The molecule has 1 saturated heterocycles. The summed E-state index contributed by atoms with van der Waals surface area (Å²) in [6.07, 6.45) is 7.74.